The quantitative estimate of drug-likeness (QED) is 0.936. The summed E-state index contributed by atoms with van der Waals surface area (Å²) in [6, 6.07) is 8.15. The van der Waals surface area contributed by atoms with Crippen LogP contribution in [0.4, 0.5) is 11.8 Å². The lowest BCUT2D eigenvalue weighted by molar-refractivity contribution is 0.0576. The molecule has 5 nitrogen and oxygen atoms in total. The second-order valence-electron chi connectivity index (χ2n) is 5.60. The number of ether oxygens (including phenoxy) is 1. The molecular weight excluding hydrogens is 264 g/mol. The van der Waals surface area contributed by atoms with E-state index in [0.717, 1.165) is 42.9 Å². The maximum Gasteiger partial charge on any atom is 0.224 e. The van der Waals surface area contributed by atoms with E-state index in [9.17, 15) is 0 Å². The lowest BCUT2D eigenvalue weighted by Gasteiger charge is -2.28. The Bertz CT molecular complexity index is 610. The lowest BCUT2D eigenvalue weighted by atomic mass is 10.0. The summed E-state index contributed by atoms with van der Waals surface area (Å²) >= 11 is 0. The van der Waals surface area contributed by atoms with Crippen LogP contribution < -0.4 is 10.2 Å². The van der Waals surface area contributed by atoms with Gasteiger partial charge in [0, 0.05) is 32.6 Å². The molecule has 112 valence electrons. The van der Waals surface area contributed by atoms with E-state index in [1.165, 1.54) is 6.42 Å². The number of anilines is 2. The van der Waals surface area contributed by atoms with Crippen molar-refractivity contribution in [3.63, 3.8) is 0 Å². The highest BCUT2D eigenvalue weighted by atomic mass is 16.5. The first-order valence-electron chi connectivity index (χ1n) is 7.51. The van der Waals surface area contributed by atoms with Crippen LogP contribution in [0.5, 0.6) is 0 Å². The van der Waals surface area contributed by atoms with E-state index in [4.69, 9.17) is 4.74 Å². The Morgan fingerprint density at radius 2 is 2.19 bits per heavy atom. The maximum atomic E-state index is 5.58. The number of nitrogens with zero attached hydrogens (tertiary/aromatic N) is 3. The van der Waals surface area contributed by atoms with Gasteiger partial charge < -0.3 is 15.0 Å². The molecule has 21 heavy (non-hydrogen) atoms. The first kappa shape index (κ1) is 14.1. The van der Waals surface area contributed by atoms with E-state index in [0.29, 0.717) is 11.9 Å². The summed E-state index contributed by atoms with van der Waals surface area (Å²) in [4.78, 5) is 11.4. The third-order valence-corrected chi connectivity index (χ3v) is 3.95. The minimum absolute atomic E-state index is 0.579. The van der Waals surface area contributed by atoms with Crippen molar-refractivity contribution < 1.29 is 4.74 Å². The van der Waals surface area contributed by atoms with Gasteiger partial charge in [0.15, 0.2) is 0 Å². The Hall–Kier alpha value is -1.88. The monoisotopic (exact) mass is 286 g/mol. The van der Waals surface area contributed by atoms with Crippen molar-refractivity contribution in [2.75, 3.05) is 44.1 Å². The Balaban J connectivity index is 1.90. The number of para-hydroxylation sites is 1. The highest BCUT2D eigenvalue weighted by Crippen LogP contribution is 2.26. The summed E-state index contributed by atoms with van der Waals surface area (Å²) in [6.07, 6.45) is 2.39. The number of fused-ring (bicyclic) bond motifs is 1. The predicted molar refractivity (Wildman–Crippen MR) is 85.9 cm³/mol. The molecule has 0 saturated carbocycles. The van der Waals surface area contributed by atoms with Crippen molar-refractivity contribution in [2.24, 2.45) is 5.92 Å². The molecule has 0 bridgehead atoms. The normalized spacial score (nSPS) is 18.7. The summed E-state index contributed by atoms with van der Waals surface area (Å²) in [6.45, 7) is 2.72. The third-order valence-electron chi connectivity index (χ3n) is 3.95. The molecule has 3 rings (SSSR count). The average Bonchev–Trinajstić information content (AvgIpc) is 2.54. The molecule has 0 spiro atoms. The summed E-state index contributed by atoms with van der Waals surface area (Å²) in [5, 5.41) is 4.14. The zero-order chi connectivity index (χ0) is 14.7. The average molecular weight is 286 g/mol. The molecule has 1 saturated heterocycles. The van der Waals surface area contributed by atoms with E-state index in [2.05, 4.69) is 33.3 Å². The molecule has 1 atom stereocenters. The van der Waals surface area contributed by atoms with Crippen LogP contribution >= 0.6 is 0 Å². The Morgan fingerprint density at radius 3 is 2.95 bits per heavy atom. The van der Waals surface area contributed by atoms with Gasteiger partial charge in [0.25, 0.3) is 0 Å². The van der Waals surface area contributed by atoms with Crippen LogP contribution in [0.25, 0.3) is 10.9 Å². The molecule has 1 N–H and O–H groups in total. The first-order chi connectivity index (χ1) is 10.3. The molecule has 1 unspecified atom stereocenters. The van der Waals surface area contributed by atoms with Crippen molar-refractivity contribution in [1.29, 1.82) is 0 Å². The van der Waals surface area contributed by atoms with Gasteiger partial charge in [-0.2, -0.15) is 4.98 Å². The number of hydrogen-bond donors (Lipinski definition) is 1. The first-order valence-corrected chi connectivity index (χ1v) is 7.51. The molecular formula is C16H22N4O. The number of benzene rings is 1. The van der Waals surface area contributed by atoms with Crippen molar-refractivity contribution in [3.8, 4) is 0 Å². The van der Waals surface area contributed by atoms with E-state index < -0.39 is 0 Å². The Morgan fingerprint density at radius 1 is 1.33 bits per heavy atom. The molecule has 2 heterocycles. The largest absolute Gasteiger partial charge is 0.381 e. The molecule has 1 aliphatic heterocycles. The van der Waals surface area contributed by atoms with E-state index in [1.54, 1.807) is 0 Å². The Kier molecular flexibility index (Phi) is 4.20. The SMILES string of the molecule is CNc1nc(N(C)CC2CCCOC2)c2ccccc2n1. The van der Waals surface area contributed by atoms with Crippen molar-refractivity contribution in [1.82, 2.24) is 9.97 Å². The van der Waals surface area contributed by atoms with Crippen molar-refractivity contribution >= 4 is 22.7 Å². The smallest absolute Gasteiger partial charge is 0.224 e. The van der Waals surface area contributed by atoms with Gasteiger partial charge in [0.2, 0.25) is 5.95 Å². The van der Waals surface area contributed by atoms with Crippen LogP contribution in [-0.4, -0.2) is 43.8 Å². The van der Waals surface area contributed by atoms with Crippen LogP contribution in [0.3, 0.4) is 0 Å². The van der Waals surface area contributed by atoms with Crippen LogP contribution in [0.1, 0.15) is 12.8 Å². The fourth-order valence-electron chi connectivity index (χ4n) is 2.89. The van der Waals surface area contributed by atoms with Gasteiger partial charge in [0.05, 0.1) is 12.1 Å². The zero-order valence-corrected chi connectivity index (χ0v) is 12.7. The highest BCUT2D eigenvalue weighted by molar-refractivity contribution is 5.90. The number of hydrogen-bond acceptors (Lipinski definition) is 5. The summed E-state index contributed by atoms with van der Waals surface area (Å²) < 4.78 is 5.58. The van der Waals surface area contributed by atoms with E-state index >= 15 is 0 Å². The van der Waals surface area contributed by atoms with Gasteiger partial charge in [0.1, 0.15) is 5.82 Å². The fraction of sp³-hybridized carbons (Fsp3) is 0.500. The summed E-state index contributed by atoms with van der Waals surface area (Å²) in [5.74, 6) is 2.22. The van der Waals surface area contributed by atoms with Crippen LogP contribution in [-0.2, 0) is 4.74 Å². The van der Waals surface area contributed by atoms with E-state index in [-0.39, 0.29) is 0 Å². The Labute approximate surface area is 125 Å². The standard InChI is InChI=1S/C16H22N4O/c1-17-16-18-14-8-4-3-7-13(14)15(19-16)20(2)10-12-6-5-9-21-11-12/h3-4,7-8,12H,5-6,9-11H2,1-2H3,(H,17,18,19). The molecule has 1 aliphatic rings. The minimum Gasteiger partial charge on any atom is -0.381 e. The molecule has 1 aromatic heterocycles. The van der Waals surface area contributed by atoms with Crippen molar-refractivity contribution in [3.05, 3.63) is 24.3 Å². The second kappa shape index (κ2) is 6.26. The number of rotatable bonds is 4. The van der Waals surface area contributed by atoms with Gasteiger partial charge in [-0.05, 0) is 30.9 Å². The van der Waals surface area contributed by atoms with Gasteiger partial charge in [-0.25, -0.2) is 4.98 Å². The fourth-order valence-corrected chi connectivity index (χ4v) is 2.89. The predicted octanol–water partition coefficient (Wildman–Crippen LogP) is 2.53. The molecule has 1 aromatic carbocycles. The van der Waals surface area contributed by atoms with Crippen LogP contribution in [0.15, 0.2) is 24.3 Å². The zero-order valence-electron chi connectivity index (χ0n) is 12.7. The van der Waals surface area contributed by atoms with Gasteiger partial charge in [-0.3, -0.25) is 0 Å². The van der Waals surface area contributed by atoms with E-state index in [1.807, 2.05) is 25.2 Å². The molecule has 1 fully saturated rings. The molecule has 5 heteroatoms. The van der Waals surface area contributed by atoms with Gasteiger partial charge in [-0.1, -0.05) is 12.1 Å². The second-order valence-corrected chi connectivity index (χ2v) is 5.60. The lowest BCUT2D eigenvalue weighted by Crippen LogP contribution is -2.31. The van der Waals surface area contributed by atoms with Crippen LogP contribution in [0.2, 0.25) is 0 Å². The maximum absolute atomic E-state index is 5.58. The number of nitrogens with one attached hydrogen (secondary N) is 1. The number of aromatic nitrogens is 2. The van der Waals surface area contributed by atoms with Crippen LogP contribution in [0, 0.1) is 5.92 Å². The molecule has 0 aliphatic carbocycles. The third kappa shape index (κ3) is 3.08. The van der Waals surface area contributed by atoms with Gasteiger partial charge in [-0.15, -0.1) is 0 Å². The minimum atomic E-state index is 0.579. The molecule has 0 amide bonds. The molecule has 0 radical (unpaired) electrons. The topological polar surface area (TPSA) is 50.3 Å². The molecule has 2 aromatic rings. The summed E-state index contributed by atoms with van der Waals surface area (Å²) in [5.41, 5.74) is 0.971. The highest BCUT2D eigenvalue weighted by Gasteiger charge is 2.18. The van der Waals surface area contributed by atoms with Gasteiger partial charge >= 0.3 is 0 Å². The summed E-state index contributed by atoms with van der Waals surface area (Å²) in [7, 11) is 3.95. The van der Waals surface area contributed by atoms with Crippen molar-refractivity contribution in [2.45, 2.75) is 12.8 Å².